The summed E-state index contributed by atoms with van der Waals surface area (Å²) in [5.74, 6) is -0.789. The Balaban J connectivity index is 2.66. The molecule has 1 aliphatic heterocycles. The van der Waals surface area contributed by atoms with Crippen LogP contribution in [0.4, 0.5) is 0 Å². The molecule has 0 spiro atoms. The Kier molecular flexibility index (Phi) is 5.43. The SMILES string of the molecule is CCO/C=C1\SC(=S)N(CC(=O)OCC)C1=O. The fraction of sp³-hybridized carbons (Fsp3) is 0.500. The summed E-state index contributed by atoms with van der Waals surface area (Å²) in [6, 6.07) is 0. The average molecular weight is 275 g/mol. The Bertz CT molecular complexity index is 367. The fourth-order valence-corrected chi connectivity index (χ4v) is 2.29. The third kappa shape index (κ3) is 3.71. The van der Waals surface area contributed by atoms with Crippen molar-refractivity contribution in [3.05, 3.63) is 11.2 Å². The van der Waals surface area contributed by atoms with E-state index in [-0.39, 0.29) is 19.1 Å². The number of carbonyl (C=O) groups is 2. The molecule has 0 aliphatic carbocycles. The van der Waals surface area contributed by atoms with Crippen molar-refractivity contribution in [2.75, 3.05) is 19.8 Å². The maximum atomic E-state index is 11.8. The zero-order valence-electron chi connectivity index (χ0n) is 9.60. The number of hydrogen-bond donors (Lipinski definition) is 0. The maximum absolute atomic E-state index is 11.8. The first kappa shape index (κ1) is 14.0. The van der Waals surface area contributed by atoms with Crippen LogP contribution in [-0.4, -0.2) is 40.9 Å². The molecule has 1 saturated heterocycles. The summed E-state index contributed by atoms with van der Waals surface area (Å²) in [7, 11) is 0. The number of thioether (sulfide) groups is 1. The summed E-state index contributed by atoms with van der Waals surface area (Å²) < 4.78 is 10.1. The van der Waals surface area contributed by atoms with Crippen LogP contribution in [0.5, 0.6) is 0 Å². The van der Waals surface area contributed by atoms with E-state index in [2.05, 4.69) is 0 Å². The van der Waals surface area contributed by atoms with Crippen LogP contribution >= 0.6 is 24.0 Å². The van der Waals surface area contributed by atoms with Crippen molar-refractivity contribution in [2.24, 2.45) is 0 Å². The number of esters is 1. The Morgan fingerprint density at radius 3 is 2.76 bits per heavy atom. The van der Waals surface area contributed by atoms with Gasteiger partial charge in [-0.15, -0.1) is 0 Å². The average Bonchev–Trinajstić information content (AvgIpc) is 2.54. The van der Waals surface area contributed by atoms with Crippen molar-refractivity contribution < 1.29 is 19.1 Å². The van der Waals surface area contributed by atoms with Crippen molar-refractivity contribution in [1.29, 1.82) is 0 Å². The summed E-state index contributed by atoms with van der Waals surface area (Å²) in [5, 5.41) is 0. The lowest BCUT2D eigenvalue weighted by Crippen LogP contribution is -2.34. The van der Waals surface area contributed by atoms with Crippen molar-refractivity contribution in [3.8, 4) is 0 Å². The number of carbonyl (C=O) groups excluding carboxylic acids is 2. The zero-order chi connectivity index (χ0) is 12.8. The maximum Gasteiger partial charge on any atom is 0.326 e. The van der Waals surface area contributed by atoms with Crippen LogP contribution < -0.4 is 0 Å². The van der Waals surface area contributed by atoms with Crippen LogP contribution in [-0.2, 0) is 19.1 Å². The van der Waals surface area contributed by atoms with E-state index in [0.29, 0.717) is 15.8 Å². The first-order valence-electron chi connectivity index (χ1n) is 5.11. The van der Waals surface area contributed by atoms with E-state index in [4.69, 9.17) is 21.7 Å². The molecule has 0 unspecified atom stereocenters. The standard InChI is InChI=1S/C10H13NO4S2/c1-3-14-6-7-9(13)11(10(16)17-7)5-8(12)15-4-2/h6H,3-5H2,1-2H3/b7-6-. The number of hydrogen-bond acceptors (Lipinski definition) is 6. The van der Waals surface area contributed by atoms with E-state index in [1.54, 1.807) is 6.92 Å². The van der Waals surface area contributed by atoms with Gasteiger partial charge in [-0.2, -0.15) is 0 Å². The van der Waals surface area contributed by atoms with E-state index >= 15 is 0 Å². The molecule has 0 radical (unpaired) electrons. The highest BCUT2D eigenvalue weighted by Gasteiger charge is 2.34. The molecule has 1 fully saturated rings. The molecule has 0 aromatic heterocycles. The minimum atomic E-state index is -0.471. The van der Waals surface area contributed by atoms with E-state index in [1.165, 1.54) is 11.2 Å². The molecule has 0 aromatic carbocycles. The van der Waals surface area contributed by atoms with Gasteiger partial charge >= 0.3 is 5.97 Å². The normalized spacial score (nSPS) is 17.8. The summed E-state index contributed by atoms with van der Waals surface area (Å²) in [5.41, 5.74) is 0. The van der Waals surface area contributed by atoms with Crippen molar-refractivity contribution in [3.63, 3.8) is 0 Å². The van der Waals surface area contributed by atoms with Crippen LogP contribution in [0.25, 0.3) is 0 Å². The Hall–Kier alpha value is -1.08. The molecular formula is C10H13NO4S2. The summed E-state index contributed by atoms with van der Waals surface area (Å²) in [6.45, 7) is 4.12. The topological polar surface area (TPSA) is 55.8 Å². The number of ether oxygens (including phenoxy) is 2. The molecule has 1 aliphatic rings. The van der Waals surface area contributed by atoms with Crippen LogP contribution in [0.1, 0.15) is 13.8 Å². The highest BCUT2D eigenvalue weighted by atomic mass is 32.2. The number of amides is 1. The minimum Gasteiger partial charge on any atom is -0.500 e. The lowest BCUT2D eigenvalue weighted by Gasteiger charge is -2.12. The minimum absolute atomic E-state index is 0.151. The van der Waals surface area contributed by atoms with Gasteiger partial charge in [-0.1, -0.05) is 24.0 Å². The molecule has 17 heavy (non-hydrogen) atoms. The third-order valence-electron chi connectivity index (χ3n) is 1.82. The van der Waals surface area contributed by atoms with E-state index in [9.17, 15) is 9.59 Å². The van der Waals surface area contributed by atoms with Crippen molar-refractivity contribution >= 4 is 40.2 Å². The highest BCUT2D eigenvalue weighted by molar-refractivity contribution is 8.26. The molecular weight excluding hydrogens is 262 g/mol. The predicted molar refractivity (Wildman–Crippen MR) is 68.2 cm³/mol. The largest absolute Gasteiger partial charge is 0.500 e. The van der Waals surface area contributed by atoms with Crippen LogP contribution in [0.2, 0.25) is 0 Å². The summed E-state index contributed by atoms with van der Waals surface area (Å²) in [6.07, 6.45) is 1.37. The lowest BCUT2D eigenvalue weighted by atomic mass is 10.4. The van der Waals surface area contributed by atoms with E-state index in [1.807, 2.05) is 6.92 Å². The first-order chi connectivity index (χ1) is 8.10. The molecule has 0 aromatic rings. The number of nitrogens with zero attached hydrogens (tertiary/aromatic N) is 1. The van der Waals surface area contributed by atoms with Gasteiger partial charge in [0.25, 0.3) is 5.91 Å². The van der Waals surface area contributed by atoms with Gasteiger partial charge in [0.1, 0.15) is 22.0 Å². The number of rotatable bonds is 5. The van der Waals surface area contributed by atoms with Gasteiger partial charge in [0.2, 0.25) is 0 Å². The highest BCUT2D eigenvalue weighted by Crippen LogP contribution is 2.30. The second-order valence-corrected chi connectivity index (χ2v) is 4.68. The second kappa shape index (κ2) is 6.61. The van der Waals surface area contributed by atoms with Crippen molar-refractivity contribution in [2.45, 2.75) is 13.8 Å². The zero-order valence-corrected chi connectivity index (χ0v) is 11.2. The van der Waals surface area contributed by atoms with Crippen LogP contribution in [0.3, 0.4) is 0 Å². The van der Waals surface area contributed by atoms with Gasteiger partial charge in [0.05, 0.1) is 13.2 Å². The van der Waals surface area contributed by atoms with Gasteiger partial charge < -0.3 is 9.47 Å². The lowest BCUT2D eigenvalue weighted by molar-refractivity contribution is -0.145. The third-order valence-corrected chi connectivity index (χ3v) is 3.18. The molecule has 94 valence electrons. The first-order valence-corrected chi connectivity index (χ1v) is 6.33. The van der Waals surface area contributed by atoms with Crippen LogP contribution in [0, 0.1) is 0 Å². The van der Waals surface area contributed by atoms with Gasteiger partial charge in [-0.3, -0.25) is 14.5 Å². The van der Waals surface area contributed by atoms with Gasteiger partial charge in [-0.25, -0.2) is 0 Å². The quantitative estimate of drug-likeness (QED) is 0.326. The second-order valence-electron chi connectivity index (χ2n) is 3.00. The molecule has 0 bridgehead atoms. The molecule has 0 saturated carbocycles. The van der Waals surface area contributed by atoms with E-state index in [0.717, 1.165) is 11.8 Å². The van der Waals surface area contributed by atoms with E-state index < -0.39 is 5.97 Å². The van der Waals surface area contributed by atoms with Gasteiger partial charge in [-0.05, 0) is 13.8 Å². The molecule has 0 N–H and O–H groups in total. The van der Waals surface area contributed by atoms with Crippen molar-refractivity contribution in [1.82, 2.24) is 4.90 Å². The Morgan fingerprint density at radius 2 is 2.18 bits per heavy atom. The Labute approximate surface area is 109 Å². The number of thiocarbonyl (C=S) groups is 1. The smallest absolute Gasteiger partial charge is 0.326 e. The molecule has 1 rings (SSSR count). The predicted octanol–water partition coefficient (Wildman–Crippen LogP) is 1.29. The summed E-state index contributed by atoms with van der Waals surface area (Å²) >= 11 is 6.13. The van der Waals surface area contributed by atoms with Crippen LogP contribution in [0.15, 0.2) is 11.2 Å². The molecule has 5 nitrogen and oxygen atoms in total. The van der Waals surface area contributed by atoms with Gasteiger partial charge in [0, 0.05) is 0 Å². The Morgan fingerprint density at radius 1 is 1.47 bits per heavy atom. The molecule has 1 heterocycles. The molecule has 7 heteroatoms. The fourth-order valence-electron chi connectivity index (χ4n) is 1.11. The summed E-state index contributed by atoms with van der Waals surface area (Å²) in [4.78, 5) is 24.7. The monoisotopic (exact) mass is 275 g/mol. The molecule has 1 amide bonds. The van der Waals surface area contributed by atoms with Gasteiger partial charge in [0.15, 0.2) is 0 Å². The molecule has 0 atom stereocenters.